The molecule has 5 nitrogen and oxygen atoms in total. The van der Waals surface area contributed by atoms with Gasteiger partial charge < -0.3 is 14.5 Å². The first-order valence-corrected chi connectivity index (χ1v) is 8.71. The molecule has 5 heteroatoms. The number of hydrogen-bond acceptors (Lipinski definition) is 3. The molecule has 0 aliphatic carbocycles. The van der Waals surface area contributed by atoms with Gasteiger partial charge in [0.05, 0.1) is 13.0 Å². The molecule has 2 aliphatic rings. The number of benzene rings is 1. The lowest BCUT2D eigenvalue weighted by Crippen LogP contribution is -2.45. The zero-order chi connectivity index (χ0) is 17.3. The van der Waals surface area contributed by atoms with Crippen molar-refractivity contribution in [3.05, 3.63) is 24.3 Å². The van der Waals surface area contributed by atoms with Crippen LogP contribution in [0.15, 0.2) is 24.3 Å². The van der Waals surface area contributed by atoms with Crippen LogP contribution in [-0.2, 0) is 9.59 Å². The second-order valence-electron chi connectivity index (χ2n) is 7.30. The monoisotopic (exact) mass is 330 g/mol. The molecule has 1 aromatic rings. The van der Waals surface area contributed by atoms with Crippen LogP contribution in [0.1, 0.15) is 26.7 Å². The van der Waals surface area contributed by atoms with Gasteiger partial charge in [-0.2, -0.15) is 0 Å². The highest BCUT2D eigenvalue weighted by Gasteiger charge is 2.38. The first kappa shape index (κ1) is 16.8. The second-order valence-corrected chi connectivity index (χ2v) is 7.30. The predicted molar refractivity (Wildman–Crippen MR) is 93.0 cm³/mol. The fourth-order valence-electron chi connectivity index (χ4n) is 4.00. The number of amides is 2. The van der Waals surface area contributed by atoms with Crippen molar-refractivity contribution in [3.8, 4) is 5.75 Å². The van der Waals surface area contributed by atoms with Crippen LogP contribution in [0, 0.1) is 17.8 Å². The fraction of sp³-hybridized carbons (Fsp3) is 0.579. The summed E-state index contributed by atoms with van der Waals surface area (Å²) >= 11 is 0. The van der Waals surface area contributed by atoms with Gasteiger partial charge in [0.25, 0.3) is 0 Å². The van der Waals surface area contributed by atoms with Crippen molar-refractivity contribution >= 4 is 17.5 Å². The first-order chi connectivity index (χ1) is 11.5. The third-order valence-corrected chi connectivity index (χ3v) is 5.02. The maximum absolute atomic E-state index is 12.9. The number of carbonyl (C=O) groups is 2. The summed E-state index contributed by atoms with van der Waals surface area (Å²) in [6.07, 6.45) is 1.47. The molecule has 2 amide bonds. The highest BCUT2D eigenvalue weighted by Crippen LogP contribution is 2.30. The zero-order valence-electron chi connectivity index (χ0n) is 14.7. The van der Waals surface area contributed by atoms with E-state index >= 15 is 0 Å². The van der Waals surface area contributed by atoms with Crippen LogP contribution in [0.5, 0.6) is 5.75 Å². The van der Waals surface area contributed by atoms with Gasteiger partial charge in [0, 0.05) is 37.8 Å². The van der Waals surface area contributed by atoms with E-state index in [1.807, 2.05) is 29.2 Å². The van der Waals surface area contributed by atoms with Crippen LogP contribution in [-0.4, -0.2) is 43.5 Å². The summed E-state index contributed by atoms with van der Waals surface area (Å²) < 4.78 is 5.23. The van der Waals surface area contributed by atoms with Crippen LogP contribution in [0.2, 0.25) is 0 Å². The van der Waals surface area contributed by atoms with E-state index in [-0.39, 0.29) is 17.7 Å². The number of ether oxygens (including phenoxy) is 1. The Kier molecular flexibility index (Phi) is 4.78. The standard InChI is InChI=1S/C19H26N2O3/c1-13-7-14(2)11-20(10-13)19(23)15-8-18(22)21(12-15)16-5-4-6-17(9-16)24-3/h4-6,9,13-15H,7-8,10-12H2,1-3H3/t13-,14-,15-/m1/s1. The van der Waals surface area contributed by atoms with Crippen LogP contribution >= 0.6 is 0 Å². The zero-order valence-corrected chi connectivity index (χ0v) is 14.7. The molecule has 0 spiro atoms. The summed E-state index contributed by atoms with van der Waals surface area (Å²) in [7, 11) is 1.61. The third-order valence-electron chi connectivity index (χ3n) is 5.02. The van der Waals surface area contributed by atoms with Crippen molar-refractivity contribution in [2.45, 2.75) is 26.7 Å². The molecule has 0 saturated carbocycles. The lowest BCUT2D eigenvalue weighted by molar-refractivity contribution is -0.138. The number of anilines is 1. The maximum Gasteiger partial charge on any atom is 0.228 e. The van der Waals surface area contributed by atoms with Gasteiger partial charge in [0.15, 0.2) is 0 Å². The van der Waals surface area contributed by atoms with Gasteiger partial charge in [0.1, 0.15) is 5.75 Å². The van der Waals surface area contributed by atoms with E-state index in [1.54, 1.807) is 12.0 Å². The van der Waals surface area contributed by atoms with E-state index in [0.717, 1.165) is 18.8 Å². The number of carbonyl (C=O) groups excluding carboxylic acids is 2. The van der Waals surface area contributed by atoms with Gasteiger partial charge in [-0.15, -0.1) is 0 Å². The molecule has 0 unspecified atom stereocenters. The van der Waals surface area contributed by atoms with Gasteiger partial charge in [-0.3, -0.25) is 9.59 Å². The molecule has 3 rings (SSSR count). The number of methoxy groups -OCH3 is 1. The van der Waals surface area contributed by atoms with Crippen LogP contribution in [0.3, 0.4) is 0 Å². The Balaban J connectivity index is 1.71. The molecule has 0 radical (unpaired) electrons. The summed E-state index contributed by atoms with van der Waals surface area (Å²) in [6.45, 7) is 6.47. The number of rotatable bonds is 3. The average Bonchev–Trinajstić information content (AvgIpc) is 2.95. The van der Waals surface area contributed by atoms with Crippen molar-refractivity contribution in [3.63, 3.8) is 0 Å². The van der Waals surface area contributed by atoms with E-state index in [9.17, 15) is 9.59 Å². The van der Waals surface area contributed by atoms with E-state index < -0.39 is 0 Å². The van der Waals surface area contributed by atoms with Crippen molar-refractivity contribution in [2.24, 2.45) is 17.8 Å². The maximum atomic E-state index is 12.9. The summed E-state index contributed by atoms with van der Waals surface area (Å²) in [5.41, 5.74) is 0.801. The van der Waals surface area contributed by atoms with Crippen LogP contribution in [0.25, 0.3) is 0 Å². The highest BCUT2D eigenvalue weighted by molar-refractivity contribution is 6.00. The van der Waals surface area contributed by atoms with Gasteiger partial charge in [-0.05, 0) is 30.4 Å². The van der Waals surface area contributed by atoms with Gasteiger partial charge in [0.2, 0.25) is 11.8 Å². The lowest BCUT2D eigenvalue weighted by atomic mass is 9.91. The van der Waals surface area contributed by atoms with E-state index in [1.165, 1.54) is 6.42 Å². The Morgan fingerprint density at radius 3 is 2.54 bits per heavy atom. The fourth-order valence-corrected chi connectivity index (χ4v) is 4.00. The molecule has 2 fully saturated rings. The van der Waals surface area contributed by atoms with Crippen molar-refractivity contribution < 1.29 is 14.3 Å². The average molecular weight is 330 g/mol. The summed E-state index contributed by atoms with van der Waals surface area (Å²) in [5.74, 6) is 1.69. The van der Waals surface area contributed by atoms with Crippen LogP contribution < -0.4 is 9.64 Å². The Morgan fingerprint density at radius 1 is 1.17 bits per heavy atom. The Bertz CT molecular complexity index is 621. The highest BCUT2D eigenvalue weighted by atomic mass is 16.5. The summed E-state index contributed by atoms with van der Waals surface area (Å²) in [6, 6.07) is 7.45. The molecule has 2 aliphatic heterocycles. The van der Waals surface area contributed by atoms with E-state index in [0.29, 0.717) is 30.6 Å². The molecule has 130 valence electrons. The summed E-state index contributed by atoms with van der Waals surface area (Å²) in [4.78, 5) is 28.9. The van der Waals surface area contributed by atoms with E-state index in [4.69, 9.17) is 4.74 Å². The van der Waals surface area contributed by atoms with Crippen molar-refractivity contribution in [1.29, 1.82) is 0 Å². The lowest BCUT2D eigenvalue weighted by Gasteiger charge is -2.36. The topological polar surface area (TPSA) is 49.9 Å². The van der Waals surface area contributed by atoms with Gasteiger partial charge in [-0.1, -0.05) is 19.9 Å². The van der Waals surface area contributed by atoms with Gasteiger partial charge >= 0.3 is 0 Å². The smallest absolute Gasteiger partial charge is 0.228 e. The van der Waals surface area contributed by atoms with Crippen molar-refractivity contribution in [2.75, 3.05) is 31.6 Å². The molecule has 0 N–H and O–H groups in total. The Hall–Kier alpha value is -2.04. The third kappa shape index (κ3) is 3.40. The quantitative estimate of drug-likeness (QED) is 0.856. The molecule has 2 heterocycles. The largest absolute Gasteiger partial charge is 0.497 e. The minimum absolute atomic E-state index is 0.0136. The number of nitrogens with zero attached hydrogens (tertiary/aromatic N) is 2. The van der Waals surface area contributed by atoms with Gasteiger partial charge in [-0.25, -0.2) is 0 Å². The molecular weight excluding hydrogens is 304 g/mol. The van der Waals surface area contributed by atoms with E-state index in [2.05, 4.69) is 13.8 Å². The molecule has 3 atom stereocenters. The number of likely N-dealkylation sites (tertiary alicyclic amines) is 1. The van der Waals surface area contributed by atoms with Crippen LogP contribution in [0.4, 0.5) is 5.69 Å². The minimum atomic E-state index is -0.235. The Morgan fingerprint density at radius 2 is 1.88 bits per heavy atom. The SMILES string of the molecule is COc1cccc(N2C[C@H](C(=O)N3C[C@H](C)C[C@@H](C)C3)CC2=O)c1. The molecular formula is C19H26N2O3. The number of piperidine rings is 1. The summed E-state index contributed by atoms with van der Waals surface area (Å²) in [5, 5.41) is 0. The predicted octanol–water partition coefficient (Wildman–Crippen LogP) is 2.55. The first-order valence-electron chi connectivity index (χ1n) is 8.71. The Labute approximate surface area is 143 Å². The second kappa shape index (κ2) is 6.83. The normalized spacial score (nSPS) is 27.5. The molecule has 0 bridgehead atoms. The minimum Gasteiger partial charge on any atom is -0.497 e. The molecule has 0 aromatic heterocycles. The number of hydrogen-bond donors (Lipinski definition) is 0. The molecule has 24 heavy (non-hydrogen) atoms. The molecule has 2 saturated heterocycles. The van der Waals surface area contributed by atoms with Crippen molar-refractivity contribution in [1.82, 2.24) is 4.90 Å². The molecule has 1 aromatic carbocycles.